The van der Waals surface area contributed by atoms with Crippen LogP contribution in [-0.2, 0) is 17.8 Å². The number of carbonyl (C=O) groups is 1. The molecule has 0 radical (unpaired) electrons. The summed E-state index contributed by atoms with van der Waals surface area (Å²) < 4.78 is 0. The van der Waals surface area contributed by atoms with Gasteiger partial charge in [0.2, 0.25) is 5.91 Å². The third-order valence-electron chi connectivity index (χ3n) is 4.84. The molecule has 0 saturated heterocycles. The fourth-order valence-electron chi connectivity index (χ4n) is 3.16. The van der Waals surface area contributed by atoms with E-state index < -0.39 is 0 Å². The topological polar surface area (TPSA) is 91.8 Å². The summed E-state index contributed by atoms with van der Waals surface area (Å²) in [5.74, 6) is 1.22. The second kappa shape index (κ2) is 5.51. The molecule has 0 aromatic carbocycles. The molecule has 1 amide bonds. The zero-order valence-corrected chi connectivity index (χ0v) is 13.7. The predicted molar refractivity (Wildman–Crippen MR) is 87.0 cm³/mol. The number of amides is 1. The van der Waals surface area contributed by atoms with Crippen molar-refractivity contribution in [3.05, 3.63) is 39.7 Å². The van der Waals surface area contributed by atoms with Crippen LogP contribution in [0.2, 0.25) is 0 Å². The second-order valence-electron chi connectivity index (χ2n) is 6.71. The number of carbonyl (C=O) groups excluding carboxylic acids is 1. The van der Waals surface area contributed by atoms with Crippen molar-refractivity contribution in [2.45, 2.75) is 33.2 Å². The van der Waals surface area contributed by atoms with Crippen LogP contribution in [0.3, 0.4) is 0 Å². The number of aryl methyl sites for hydroxylation is 1. The third-order valence-corrected chi connectivity index (χ3v) is 4.84. The van der Waals surface area contributed by atoms with Gasteiger partial charge in [-0.1, -0.05) is 6.92 Å². The van der Waals surface area contributed by atoms with Crippen molar-refractivity contribution in [2.75, 3.05) is 6.54 Å². The fourth-order valence-corrected chi connectivity index (χ4v) is 3.16. The molecule has 2 aliphatic rings. The maximum Gasteiger partial charge on any atom is 0.254 e. The number of fused-ring (bicyclic) bond motifs is 1. The van der Waals surface area contributed by atoms with Gasteiger partial charge in [-0.2, -0.15) is 0 Å². The molecule has 0 spiro atoms. The van der Waals surface area contributed by atoms with Crippen molar-refractivity contribution in [3.8, 4) is 11.5 Å². The number of nitrogens with zero attached hydrogens (tertiary/aromatic N) is 4. The van der Waals surface area contributed by atoms with E-state index in [9.17, 15) is 9.59 Å². The molecule has 1 aliphatic carbocycles. The van der Waals surface area contributed by atoms with Crippen LogP contribution in [0.4, 0.5) is 0 Å². The van der Waals surface area contributed by atoms with Crippen LogP contribution in [-0.4, -0.2) is 37.3 Å². The lowest BCUT2D eigenvalue weighted by atomic mass is 10.1. The van der Waals surface area contributed by atoms with E-state index in [1.54, 1.807) is 12.4 Å². The Kier molecular flexibility index (Phi) is 3.44. The molecule has 1 N–H and O–H groups in total. The van der Waals surface area contributed by atoms with Gasteiger partial charge < -0.3 is 9.88 Å². The Labute approximate surface area is 139 Å². The maximum atomic E-state index is 12.4. The monoisotopic (exact) mass is 325 g/mol. The molecule has 2 aromatic rings. The molecule has 124 valence electrons. The van der Waals surface area contributed by atoms with Gasteiger partial charge in [-0.15, -0.1) is 0 Å². The van der Waals surface area contributed by atoms with E-state index in [1.807, 2.05) is 11.8 Å². The van der Waals surface area contributed by atoms with Crippen LogP contribution in [0.1, 0.15) is 30.3 Å². The van der Waals surface area contributed by atoms with Gasteiger partial charge in [0, 0.05) is 24.2 Å². The van der Waals surface area contributed by atoms with Crippen LogP contribution >= 0.6 is 0 Å². The number of aromatic nitrogens is 4. The lowest BCUT2D eigenvalue weighted by Crippen LogP contribution is -2.40. The first-order valence-electron chi connectivity index (χ1n) is 8.23. The molecule has 24 heavy (non-hydrogen) atoms. The van der Waals surface area contributed by atoms with Gasteiger partial charge in [0.05, 0.1) is 24.1 Å². The van der Waals surface area contributed by atoms with Gasteiger partial charge in [-0.25, -0.2) is 9.97 Å². The fraction of sp³-hybridized carbons (Fsp3) is 0.471. The van der Waals surface area contributed by atoms with Crippen molar-refractivity contribution in [1.29, 1.82) is 0 Å². The summed E-state index contributed by atoms with van der Waals surface area (Å²) in [6.45, 7) is 4.93. The summed E-state index contributed by atoms with van der Waals surface area (Å²) in [7, 11) is 0. The number of hydrogen-bond donors (Lipinski definition) is 1. The van der Waals surface area contributed by atoms with E-state index >= 15 is 0 Å². The van der Waals surface area contributed by atoms with Gasteiger partial charge in [0.25, 0.3) is 5.56 Å². The van der Waals surface area contributed by atoms with Crippen LogP contribution in [0.25, 0.3) is 11.5 Å². The highest BCUT2D eigenvalue weighted by molar-refractivity contribution is 5.81. The molecule has 3 heterocycles. The van der Waals surface area contributed by atoms with Gasteiger partial charge in [-0.3, -0.25) is 14.6 Å². The van der Waals surface area contributed by atoms with Gasteiger partial charge in [-0.05, 0) is 25.7 Å². The SMILES string of the molecule is Cc1cnc(-c2nc3c(c(=O)[nH]2)CCN(C(=O)[C@@H]2C[C@@H]2C)C3)cn1. The summed E-state index contributed by atoms with van der Waals surface area (Å²) in [4.78, 5) is 42.4. The number of H-pyrrole nitrogens is 1. The first-order chi connectivity index (χ1) is 11.5. The van der Waals surface area contributed by atoms with Crippen LogP contribution in [0, 0.1) is 18.8 Å². The minimum absolute atomic E-state index is 0.149. The molecule has 0 bridgehead atoms. The predicted octanol–water partition coefficient (Wildman–Crippen LogP) is 1.08. The average molecular weight is 325 g/mol. The highest BCUT2D eigenvalue weighted by Crippen LogP contribution is 2.39. The van der Waals surface area contributed by atoms with E-state index in [4.69, 9.17) is 0 Å². The number of aromatic amines is 1. The summed E-state index contributed by atoms with van der Waals surface area (Å²) >= 11 is 0. The largest absolute Gasteiger partial charge is 0.336 e. The number of hydrogen-bond acceptors (Lipinski definition) is 5. The smallest absolute Gasteiger partial charge is 0.254 e. The molecule has 7 heteroatoms. The molecule has 1 saturated carbocycles. The highest BCUT2D eigenvalue weighted by atomic mass is 16.2. The minimum Gasteiger partial charge on any atom is -0.336 e. The molecule has 2 aromatic heterocycles. The van der Waals surface area contributed by atoms with E-state index in [2.05, 4.69) is 26.9 Å². The van der Waals surface area contributed by atoms with Crippen LogP contribution < -0.4 is 5.56 Å². The van der Waals surface area contributed by atoms with E-state index in [0.717, 1.165) is 12.1 Å². The summed E-state index contributed by atoms with van der Waals surface area (Å²) in [5, 5.41) is 0. The van der Waals surface area contributed by atoms with Gasteiger partial charge in [0.1, 0.15) is 5.69 Å². The standard InChI is InChI=1S/C17H19N5O2/c1-9-5-12(9)17(24)22-4-3-11-14(8-22)20-15(21-16(11)23)13-7-18-10(2)6-19-13/h6-7,9,12H,3-5,8H2,1-2H3,(H,20,21,23)/t9-,12+/m0/s1. The molecule has 4 rings (SSSR count). The Bertz CT molecular complexity index is 858. The van der Waals surface area contributed by atoms with Crippen LogP contribution in [0.15, 0.2) is 17.2 Å². The average Bonchev–Trinajstić information content (AvgIpc) is 3.31. The van der Waals surface area contributed by atoms with Crippen molar-refractivity contribution >= 4 is 5.91 Å². The Morgan fingerprint density at radius 1 is 1.33 bits per heavy atom. The van der Waals surface area contributed by atoms with Gasteiger partial charge >= 0.3 is 0 Å². The zero-order chi connectivity index (χ0) is 16.8. The zero-order valence-electron chi connectivity index (χ0n) is 13.7. The lowest BCUT2D eigenvalue weighted by Gasteiger charge is -2.28. The van der Waals surface area contributed by atoms with E-state index in [-0.39, 0.29) is 17.4 Å². The van der Waals surface area contributed by atoms with E-state index in [0.29, 0.717) is 48.2 Å². The number of rotatable bonds is 2. The first-order valence-corrected chi connectivity index (χ1v) is 8.23. The lowest BCUT2D eigenvalue weighted by molar-refractivity contribution is -0.133. The molecule has 0 unspecified atom stereocenters. The minimum atomic E-state index is -0.149. The normalized spacial score (nSPS) is 22.2. The van der Waals surface area contributed by atoms with Gasteiger partial charge in [0.15, 0.2) is 5.82 Å². The van der Waals surface area contributed by atoms with Crippen molar-refractivity contribution in [3.63, 3.8) is 0 Å². The maximum absolute atomic E-state index is 12.4. The quantitative estimate of drug-likeness (QED) is 0.892. The third kappa shape index (κ3) is 2.60. The number of nitrogens with one attached hydrogen (secondary N) is 1. The molecular formula is C17H19N5O2. The Hall–Kier alpha value is -2.57. The molecular weight excluding hydrogens is 306 g/mol. The first kappa shape index (κ1) is 15.0. The molecule has 1 fully saturated rings. The Morgan fingerprint density at radius 2 is 2.12 bits per heavy atom. The van der Waals surface area contributed by atoms with Crippen LogP contribution in [0.5, 0.6) is 0 Å². The summed E-state index contributed by atoms with van der Waals surface area (Å²) in [6.07, 6.45) is 4.75. The summed E-state index contributed by atoms with van der Waals surface area (Å²) in [5.41, 5.74) is 2.52. The highest BCUT2D eigenvalue weighted by Gasteiger charge is 2.42. The Morgan fingerprint density at radius 3 is 2.79 bits per heavy atom. The summed E-state index contributed by atoms with van der Waals surface area (Å²) in [6, 6.07) is 0. The molecule has 2 atom stereocenters. The second-order valence-corrected chi connectivity index (χ2v) is 6.71. The molecule has 7 nitrogen and oxygen atoms in total. The Balaban J connectivity index is 1.65. The van der Waals surface area contributed by atoms with E-state index in [1.165, 1.54) is 0 Å². The molecule has 1 aliphatic heterocycles. The van der Waals surface area contributed by atoms with Crippen molar-refractivity contribution in [2.24, 2.45) is 11.8 Å². The van der Waals surface area contributed by atoms with Crippen molar-refractivity contribution in [1.82, 2.24) is 24.8 Å². The van der Waals surface area contributed by atoms with Crippen molar-refractivity contribution < 1.29 is 4.79 Å².